The Bertz CT molecular complexity index is 1320. The molecule has 0 spiro atoms. The van der Waals surface area contributed by atoms with Crippen LogP contribution in [0.1, 0.15) is 18.1 Å². The van der Waals surface area contributed by atoms with E-state index in [0.29, 0.717) is 34.7 Å². The number of nitrogens with one attached hydrogen (secondary N) is 1. The maximum absolute atomic E-state index is 12.6. The Hall–Kier alpha value is -3.68. The van der Waals surface area contributed by atoms with Gasteiger partial charge in [0.05, 0.1) is 16.0 Å². The summed E-state index contributed by atoms with van der Waals surface area (Å²) in [4.78, 5) is 23.0. The SMILES string of the molecule is CCOc1cc(/C=C(/C#N)C(=O)Nc2cccc([N+](=O)[O-])c2)cc(Br)c1OCc1ccc(Br)cc1. The van der Waals surface area contributed by atoms with Crippen LogP contribution >= 0.6 is 31.9 Å². The maximum atomic E-state index is 12.6. The molecule has 0 saturated carbocycles. The Kier molecular flexibility index (Phi) is 9.00. The van der Waals surface area contributed by atoms with Crippen molar-refractivity contribution in [3.8, 4) is 17.6 Å². The topological polar surface area (TPSA) is 114 Å². The fraction of sp³-hybridized carbons (Fsp3) is 0.120. The van der Waals surface area contributed by atoms with E-state index in [4.69, 9.17) is 9.47 Å². The second kappa shape index (κ2) is 12.1. The number of carbonyl (C=O) groups excluding carboxylic acids is 1. The minimum absolute atomic E-state index is 0.172. The summed E-state index contributed by atoms with van der Waals surface area (Å²) in [6.45, 7) is 2.53. The number of hydrogen-bond donors (Lipinski definition) is 1. The first-order valence-electron chi connectivity index (χ1n) is 10.3. The molecule has 8 nitrogen and oxygen atoms in total. The number of benzene rings is 3. The van der Waals surface area contributed by atoms with Crippen LogP contribution in [0.3, 0.4) is 0 Å². The van der Waals surface area contributed by atoms with Gasteiger partial charge in [-0.25, -0.2) is 0 Å². The second-order valence-corrected chi connectivity index (χ2v) is 8.88. The van der Waals surface area contributed by atoms with Gasteiger partial charge in [-0.1, -0.05) is 34.1 Å². The van der Waals surface area contributed by atoms with E-state index in [1.807, 2.05) is 37.3 Å². The van der Waals surface area contributed by atoms with Crippen molar-refractivity contribution in [1.82, 2.24) is 0 Å². The Balaban J connectivity index is 1.84. The van der Waals surface area contributed by atoms with Crippen molar-refractivity contribution < 1.29 is 19.2 Å². The van der Waals surface area contributed by atoms with Crippen molar-refractivity contribution in [3.63, 3.8) is 0 Å². The molecule has 10 heteroatoms. The molecule has 0 aliphatic heterocycles. The number of nitro groups is 1. The molecule has 3 aromatic carbocycles. The van der Waals surface area contributed by atoms with Crippen LogP contribution in [0.2, 0.25) is 0 Å². The summed E-state index contributed by atoms with van der Waals surface area (Å²) in [6, 6.07) is 18.4. The zero-order chi connectivity index (χ0) is 25.4. The third-order valence-corrected chi connectivity index (χ3v) is 5.74. The molecule has 1 N–H and O–H groups in total. The molecule has 178 valence electrons. The summed E-state index contributed by atoms with van der Waals surface area (Å²) in [5, 5.41) is 23.0. The molecule has 0 heterocycles. The highest BCUT2D eigenvalue weighted by atomic mass is 79.9. The van der Waals surface area contributed by atoms with Gasteiger partial charge in [0.15, 0.2) is 11.5 Å². The van der Waals surface area contributed by atoms with Crippen molar-refractivity contribution in [3.05, 3.63) is 96.4 Å². The Morgan fingerprint density at radius 1 is 1.14 bits per heavy atom. The Morgan fingerprint density at radius 2 is 1.89 bits per heavy atom. The number of carbonyl (C=O) groups is 1. The van der Waals surface area contributed by atoms with Gasteiger partial charge in [0.25, 0.3) is 11.6 Å². The monoisotopic (exact) mass is 599 g/mol. The number of nitriles is 1. The predicted molar refractivity (Wildman–Crippen MR) is 139 cm³/mol. The molecule has 0 aliphatic rings. The molecular weight excluding hydrogens is 582 g/mol. The molecule has 0 radical (unpaired) electrons. The van der Waals surface area contributed by atoms with Gasteiger partial charge in [-0.05, 0) is 70.4 Å². The lowest BCUT2D eigenvalue weighted by molar-refractivity contribution is -0.384. The van der Waals surface area contributed by atoms with E-state index in [1.165, 1.54) is 30.3 Å². The number of ether oxygens (including phenoxy) is 2. The van der Waals surface area contributed by atoms with Gasteiger partial charge < -0.3 is 14.8 Å². The molecule has 1 amide bonds. The average Bonchev–Trinajstić information content (AvgIpc) is 2.83. The Labute approximate surface area is 218 Å². The fourth-order valence-electron chi connectivity index (χ4n) is 3.02. The first kappa shape index (κ1) is 25.9. The number of anilines is 1. The minimum atomic E-state index is -0.697. The molecule has 0 aliphatic carbocycles. The largest absolute Gasteiger partial charge is 0.490 e. The summed E-state index contributed by atoms with van der Waals surface area (Å²) >= 11 is 6.89. The highest BCUT2D eigenvalue weighted by molar-refractivity contribution is 9.10. The second-order valence-electron chi connectivity index (χ2n) is 7.11. The van der Waals surface area contributed by atoms with Gasteiger partial charge in [-0.3, -0.25) is 14.9 Å². The lowest BCUT2D eigenvalue weighted by atomic mass is 10.1. The number of non-ortho nitro benzene ring substituents is 1. The molecule has 3 rings (SSSR count). The van der Waals surface area contributed by atoms with Crippen LogP contribution in [-0.4, -0.2) is 17.4 Å². The number of hydrogen-bond acceptors (Lipinski definition) is 6. The molecule has 3 aromatic rings. The van der Waals surface area contributed by atoms with Crippen LogP contribution in [0.4, 0.5) is 11.4 Å². The molecule has 0 fully saturated rings. The van der Waals surface area contributed by atoms with E-state index >= 15 is 0 Å². The van der Waals surface area contributed by atoms with Crippen LogP contribution in [0.25, 0.3) is 6.08 Å². The predicted octanol–water partition coefficient (Wildman–Crippen LogP) is 6.64. The summed E-state index contributed by atoms with van der Waals surface area (Å²) in [5.41, 5.74) is 1.35. The first-order chi connectivity index (χ1) is 16.8. The highest BCUT2D eigenvalue weighted by Gasteiger charge is 2.16. The lowest BCUT2D eigenvalue weighted by Gasteiger charge is -2.15. The molecule has 0 unspecified atom stereocenters. The van der Waals surface area contributed by atoms with E-state index < -0.39 is 10.8 Å². The van der Waals surface area contributed by atoms with Gasteiger partial charge in [0.2, 0.25) is 0 Å². The molecule has 35 heavy (non-hydrogen) atoms. The van der Waals surface area contributed by atoms with Crippen LogP contribution in [0, 0.1) is 21.4 Å². The van der Waals surface area contributed by atoms with Gasteiger partial charge in [0, 0.05) is 22.3 Å². The number of halogens is 2. The third-order valence-electron chi connectivity index (χ3n) is 4.62. The van der Waals surface area contributed by atoms with Crippen molar-refractivity contribution in [2.24, 2.45) is 0 Å². The van der Waals surface area contributed by atoms with Crippen molar-refractivity contribution in [2.75, 3.05) is 11.9 Å². The van der Waals surface area contributed by atoms with Gasteiger partial charge in [0.1, 0.15) is 18.2 Å². The van der Waals surface area contributed by atoms with Crippen molar-refractivity contribution in [2.45, 2.75) is 13.5 Å². The van der Waals surface area contributed by atoms with Crippen LogP contribution in [0.5, 0.6) is 11.5 Å². The van der Waals surface area contributed by atoms with Crippen LogP contribution in [0.15, 0.2) is 75.2 Å². The van der Waals surface area contributed by atoms with Gasteiger partial charge in [-0.2, -0.15) is 5.26 Å². The quantitative estimate of drug-likeness (QED) is 0.127. The van der Waals surface area contributed by atoms with E-state index in [0.717, 1.165) is 10.0 Å². The maximum Gasteiger partial charge on any atom is 0.271 e. The van der Waals surface area contributed by atoms with E-state index in [9.17, 15) is 20.2 Å². The van der Waals surface area contributed by atoms with Crippen LogP contribution in [-0.2, 0) is 11.4 Å². The van der Waals surface area contributed by atoms with E-state index in [-0.39, 0.29) is 16.9 Å². The zero-order valence-corrected chi connectivity index (χ0v) is 21.6. The summed E-state index contributed by atoms with van der Waals surface area (Å²) in [7, 11) is 0. The summed E-state index contributed by atoms with van der Waals surface area (Å²) in [6.07, 6.45) is 1.40. The third kappa shape index (κ3) is 7.15. The molecule has 0 saturated heterocycles. The number of nitrogens with zero attached hydrogens (tertiary/aromatic N) is 2. The van der Waals surface area contributed by atoms with E-state index in [2.05, 4.69) is 37.2 Å². The number of amides is 1. The van der Waals surface area contributed by atoms with Crippen molar-refractivity contribution >= 4 is 55.2 Å². The summed E-state index contributed by atoms with van der Waals surface area (Å²) in [5.74, 6) is 0.241. The Morgan fingerprint density at radius 3 is 2.54 bits per heavy atom. The lowest BCUT2D eigenvalue weighted by Crippen LogP contribution is -2.13. The molecule has 0 aromatic heterocycles. The van der Waals surface area contributed by atoms with Crippen molar-refractivity contribution in [1.29, 1.82) is 5.26 Å². The molecule has 0 bridgehead atoms. The first-order valence-corrected chi connectivity index (χ1v) is 11.9. The number of rotatable bonds is 9. The highest BCUT2D eigenvalue weighted by Crippen LogP contribution is 2.38. The zero-order valence-electron chi connectivity index (χ0n) is 18.5. The fourth-order valence-corrected chi connectivity index (χ4v) is 3.86. The number of nitro benzene ring substituents is 1. The normalized spacial score (nSPS) is 10.9. The smallest absolute Gasteiger partial charge is 0.271 e. The van der Waals surface area contributed by atoms with Gasteiger partial charge >= 0.3 is 0 Å². The standard InChI is InChI=1S/C25H19Br2N3O5/c1-2-34-23-12-17(11-22(27)24(23)35-15-16-6-8-19(26)9-7-16)10-18(14-28)25(31)29-20-4-3-5-21(13-20)30(32)33/h3-13H,2,15H2,1H3,(H,29,31)/b18-10-. The molecular formula is C25H19Br2N3O5. The van der Waals surface area contributed by atoms with Crippen LogP contribution < -0.4 is 14.8 Å². The minimum Gasteiger partial charge on any atom is -0.490 e. The summed E-state index contributed by atoms with van der Waals surface area (Å²) < 4.78 is 13.3. The molecule has 0 atom stereocenters. The average molecular weight is 601 g/mol. The van der Waals surface area contributed by atoms with Gasteiger partial charge in [-0.15, -0.1) is 0 Å². The van der Waals surface area contributed by atoms with E-state index in [1.54, 1.807) is 12.1 Å².